The Morgan fingerprint density at radius 3 is 3.04 bits per heavy atom. The number of urea groups is 1. The van der Waals surface area contributed by atoms with Gasteiger partial charge in [0.15, 0.2) is 0 Å². The van der Waals surface area contributed by atoms with Crippen molar-refractivity contribution in [3.63, 3.8) is 0 Å². The molecule has 0 bridgehead atoms. The number of benzene rings is 1. The Labute approximate surface area is 147 Å². The Balaban J connectivity index is 1.50. The number of hydrogen-bond acceptors (Lipinski definition) is 4. The molecule has 0 aliphatic heterocycles. The zero-order valence-electron chi connectivity index (χ0n) is 14.3. The number of aryl methyl sites for hydroxylation is 1. The molecule has 2 atom stereocenters. The van der Waals surface area contributed by atoms with Gasteiger partial charge in [0.1, 0.15) is 17.6 Å². The second-order valence-corrected chi connectivity index (χ2v) is 6.28. The van der Waals surface area contributed by atoms with Crippen molar-refractivity contribution in [2.24, 2.45) is 0 Å². The summed E-state index contributed by atoms with van der Waals surface area (Å²) in [5.41, 5.74) is 2.58. The summed E-state index contributed by atoms with van der Waals surface area (Å²) < 4.78 is 10.4. The fourth-order valence-corrected chi connectivity index (χ4v) is 3.28. The molecule has 1 aromatic heterocycles. The van der Waals surface area contributed by atoms with Crippen LogP contribution in [0.25, 0.3) is 0 Å². The summed E-state index contributed by atoms with van der Waals surface area (Å²) in [4.78, 5) is 12.0. The number of carbonyl (C=O) groups is 1. The molecule has 2 unspecified atom stereocenters. The number of fused-ring (bicyclic) bond motifs is 1. The number of aliphatic hydroxyl groups is 1. The number of aliphatic hydroxyl groups excluding tert-OH is 1. The molecule has 6 heteroatoms. The molecule has 0 radical (unpaired) electrons. The van der Waals surface area contributed by atoms with Crippen LogP contribution in [0.5, 0.6) is 5.75 Å². The van der Waals surface area contributed by atoms with E-state index in [0.717, 1.165) is 25.0 Å². The Morgan fingerprint density at radius 2 is 2.28 bits per heavy atom. The topological polar surface area (TPSA) is 83.7 Å². The number of nitrogens with one attached hydrogen (secondary N) is 2. The fraction of sp³-hybridized carbons (Fsp3) is 0.421. The highest BCUT2D eigenvalue weighted by molar-refractivity contribution is 5.73. The third-order valence-corrected chi connectivity index (χ3v) is 4.63. The van der Waals surface area contributed by atoms with Gasteiger partial charge in [0.2, 0.25) is 0 Å². The van der Waals surface area contributed by atoms with E-state index in [1.165, 1.54) is 17.4 Å². The van der Waals surface area contributed by atoms with Crippen molar-refractivity contribution >= 4 is 6.03 Å². The first-order valence-electron chi connectivity index (χ1n) is 8.57. The summed E-state index contributed by atoms with van der Waals surface area (Å²) in [6.07, 6.45) is 3.85. The van der Waals surface area contributed by atoms with E-state index in [1.54, 1.807) is 19.2 Å². The summed E-state index contributed by atoms with van der Waals surface area (Å²) in [5, 5.41) is 15.5. The van der Waals surface area contributed by atoms with Crippen LogP contribution in [0.2, 0.25) is 0 Å². The van der Waals surface area contributed by atoms with E-state index in [9.17, 15) is 9.90 Å². The molecule has 1 aromatic carbocycles. The van der Waals surface area contributed by atoms with Crippen LogP contribution < -0.4 is 15.4 Å². The Morgan fingerprint density at radius 1 is 1.40 bits per heavy atom. The molecule has 0 saturated heterocycles. The monoisotopic (exact) mass is 344 g/mol. The van der Waals surface area contributed by atoms with E-state index in [-0.39, 0.29) is 12.6 Å². The number of furan rings is 1. The first kappa shape index (κ1) is 17.4. The van der Waals surface area contributed by atoms with E-state index in [1.807, 2.05) is 6.07 Å². The van der Waals surface area contributed by atoms with Gasteiger partial charge in [-0.25, -0.2) is 4.79 Å². The second kappa shape index (κ2) is 8.07. The molecule has 3 N–H and O–H groups in total. The second-order valence-electron chi connectivity index (χ2n) is 6.28. The van der Waals surface area contributed by atoms with E-state index >= 15 is 0 Å². The Kier molecular flexibility index (Phi) is 5.60. The molecule has 1 aliphatic carbocycles. The summed E-state index contributed by atoms with van der Waals surface area (Å²) in [6, 6.07) is 9.24. The average Bonchev–Trinajstić information content (AvgIpc) is 3.18. The number of carbonyl (C=O) groups excluding carboxylic acids is 1. The molecule has 2 amide bonds. The summed E-state index contributed by atoms with van der Waals surface area (Å²) in [5.74, 6) is 1.61. The van der Waals surface area contributed by atoms with Gasteiger partial charge in [-0.05, 0) is 54.7 Å². The third-order valence-electron chi connectivity index (χ3n) is 4.63. The standard InChI is InChI=1S/C19H24N2O4/c1-24-15-7-8-16-13(10-15)4-2-5-14(16)11-20-19(23)21-12-17(22)18-6-3-9-25-18/h3,6-10,14,17,22H,2,4-5,11-12H2,1H3,(H2,20,21,23). The van der Waals surface area contributed by atoms with E-state index in [0.29, 0.717) is 18.2 Å². The zero-order valence-corrected chi connectivity index (χ0v) is 14.3. The van der Waals surface area contributed by atoms with Crippen LogP contribution in [0, 0.1) is 0 Å². The molecule has 1 aliphatic rings. The molecule has 25 heavy (non-hydrogen) atoms. The predicted octanol–water partition coefficient (Wildman–Crippen LogP) is 2.74. The van der Waals surface area contributed by atoms with Crippen LogP contribution in [-0.4, -0.2) is 31.3 Å². The lowest BCUT2D eigenvalue weighted by molar-refractivity contribution is 0.148. The van der Waals surface area contributed by atoms with Crippen LogP contribution >= 0.6 is 0 Å². The number of amides is 2. The minimum atomic E-state index is -0.844. The van der Waals surface area contributed by atoms with E-state index < -0.39 is 6.10 Å². The molecular weight excluding hydrogens is 320 g/mol. The molecule has 1 heterocycles. The lowest BCUT2D eigenvalue weighted by atomic mass is 9.82. The molecule has 3 rings (SSSR count). The fourth-order valence-electron chi connectivity index (χ4n) is 3.28. The molecule has 6 nitrogen and oxygen atoms in total. The average molecular weight is 344 g/mol. The van der Waals surface area contributed by atoms with Crippen molar-refractivity contribution < 1.29 is 19.1 Å². The number of methoxy groups -OCH3 is 1. The smallest absolute Gasteiger partial charge is 0.314 e. The minimum Gasteiger partial charge on any atom is -0.497 e. The third kappa shape index (κ3) is 4.33. The highest BCUT2D eigenvalue weighted by atomic mass is 16.5. The summed E-state index contributed by atoms with van der Waals surface area (Å²) in [7, 11) is 1.67. The zero-order chi connectivity index (χ0) is 17.6. The number of ether oxygens (including phenoxy) is 1. The van der Waals surface area contributed by atoms with Gasteiger partial charge >= 0.3 is 6.03 Å². The van der Waals surface area contributed by atoms with Crippen molar-refractivity contribution in [3.05, 3.63) is 53.5 Å². The van der Waals surface area contributed by atoms with Gasteiger partial charge < -0.3 is 24.9 Å². The maximum absolute atomic E-state index is 12.0. The predicted molar refractivity (Wildman–Crippen MR) is 93.7 cm³/mol. The first-order valence-corrected chi connectivity index (χ1v) is 8.57. The van der Waals surface area contributed by atoms with E-state index in [4.69, 9.17) is 9.15 Å². The molecule has 0 fully saturated rings. The SMILES string of the molecule is COc1ccc2c(c1)CCCC2CNC(=O)NCC(O)c1ccco1. The van der Waals surface area contributed by atoms with Crippen LogP contribution in [0.15, 0.2) is 41.0 Å². The molecule has 134 valence electrons. The van der Waals surface area contributed by atoms with Crippen molar-refractivity contribution in [1.29, 1.82) is 0 Å². The highest BCUT2D eigenvalue weighted by Gasteiger charge is 2.21. The minimum absolute atomic E-state index is 0.109. The van der Waals surface area contributed by atoms with Crippen LogP contribution in [0.3, 0.4) is 0 Å². The van der Waals surface area contributed by atoms with Crippen molar-refractivity contribution in [2.75, 3.05) is 20.2 Å². The molecule has 2 aromatic rings. The van der Waals surface area contributed by atoms with Gasteiger partial charge in [0.25, 0.3) is 0 Å². The van der Waals surface area contributed by atoms with Gasteiger partial charge in [0.05, 0.1) is 19.9 Å². The van der Waals surface area contributed by atoms with Gasteiger partial charge in [-0.3, -0.25) is 0 Å². The molecular formula is C19H24N2O4. The van der Waals surface area contributed by atoms with E-state index in [2.05, 4.69) is 22.8 Å². The lowest BCUT2D eigenvalue weighted by Gasteiger charge is -2.26. The Hall–Kier alpha value is -2.47. The van der Waals surface area contributed by atoms with Gasteiger partial charge in [-0.2, -0.15) is 0 Å². The van der Waals surface area contributed by atoms with Gasteiger partial charge in [-0.15, -0.1) is 0 Å². The Bertz CT molecular complexity index is 699. The van der Waals surface area contributed by atoms with Crippen molar-refractivity contribution in [3.8, 4) is 5.75 Å². The quantitative estimate of drug-likeness (QED) is 0.752. The first-order chi connectivity index (χ1) is 12.2. The maximum atomic E-state index is 12.0. The highest BCUT2D eigenvalue weighted by Crippen LogP contribution is 2.33. The van der Waals surface area contributed by atoms with Gasteiger partial charge in [0, 0.05) is 12.5 Å². The van der Waals surface area contributed by atoms with Crippen LogP contribution in [0.4, 0.5) is 4.79 Å². The molecule has 0 spiro atoms. The number of rotatable bonds is 6. The largest absolute Gasteiger partial charge is 0.497 e. The summed E-state index contributed by atoms with van der Waals surface area (Å²) in [6.45, 7) is 0.680. The number of hydrogen-bond donors (Lipinski definition) is 3. The van der Waals surface area contributed by atoms with Crippen LogP contribution in [0.1, 0.15) is 41.8 Å². The van der Waals surface area contributed by atoms with Crippen molar-refractivity contribution in [1.82, 2.24) is 10.6 Å². The molecule has 0 saturated carbocycles. The van der Waals surface area contributed by atoms with Crippen LogP contribution in [-0.2, 0) is 6.42 Å². The normalized spacial score (nSPS) is 17.4. The van der Waals surface area contributed by atoms with Crippen molar-refractivity contribution in [2.45, 2.75) is 31.3 Å². The maximum Gasteiger partial charge on any atom is 0.314 e. The lowest BCUT2D eigenvalue weighted by Crippen LogP contribution is -2.40. The summed E-state index contributed by atoms with van der Waals surface area (Å²) >= 11 is 0. The van der Waals surface area contributed by atoms with Gasteiger partial charge in [-0.1, -0.05) is 6.07 Å².